The number of unbranched alkanes of at least 4 members (excludes halogenated alkanes) is 3. The predicted molar refractivity (Wildman–Crippen MR) is 89.8 cm³/mol. The lowest BCUT2D eigenvalue weighted by Gasteiger charge is -2.21. The fourth-order valence-corrected chi connectivity index (χ4v) is 2.10. The van der Waals surface area contributed by atoms with Crippen LogP contribution in [-0.2, 0) is 19.0 Å². The second-order valence-corrected chi connectivity index (χ2v) is 6.80. The Kier molecular flexibility index (Phi) is 11.6. The summed E-state index contributed by atoms with van der Waals surface area (Å²) >= 11 is 0. The van der Waals surface area contributed by atoms with E-state index in [1.165, 1.54) is 0 Å². The van der Waals surface area contributed by atoms with Crippen LogP contribution >= 0.6 is 0 Å². The van der Waals surface area contributed by atoms with E-state index in [1.54, 1.807) is 0 Å². The van der Waals surface area contributed by atoms with Crippen LogP contribution in [0.3, 0.4) is 0 Å². The molecule has 132 valence electrons. The first kappa shape index (κ1) is 21.4. The van der Waals surface area contributed by atoms with Gasteiger partial charge in [-0.15, -0.1) is 0 Å². The zero-order valence-electron chi connectivity index (χ0n) is 15.4. The Bertz CT molecular complexity index is 277. The first-order valence-corrected chi connectivity index (χ1v) is 8.75. The summed E-state index contributed by atoms with van der Waals surface area (Å²) in [6.45, 7) is 13.0. The fraction of sp³-hybridized carbons (Fsp3) is 0.944. The predicted octanol–water partition coefficient (Wildman–Crippen LogP) is 4.70. The van der Waals surface area contributed by atoms with Gasteiger partial charge in [0.05, 0.1) is 11.5 Å². The Labute approximate surface area is 136 Å². The molecule has 0 heterocycles. The lowest BCUT2D eigenvalue weighted by molar-refractivity contribution is -0.158. The van der Waals surface area contributed by atoms with Crippen molar-refractivity contribution in [3.05, 3.63) is 0 Å². The minimum Gasteiger partial charge on any atom is -0.462 e. The van der Waals surface area contributed by atoms with E-state index in [1.807, 2.05) is 41.5 Å². The van der Waals surface area contributed by atoms with Crippen LogP contribution in [0.15, 0.2) is 0 Å². The summed E-state index contributed by atoms with van der Waals surface area (Å²) in [5.41, 5.74) is -0.415. The summed E-state index contributed by atoms with van der Waals surface area (Å²) < 4.78 is 16.5. The average Bonchev–Trinajstić information content (AvgIpc) is 2.41. The van der Waals surface area contributed by atoms with E-state index in [9.17, 15) is 4.79 Å². The Morgan fingerprint density at radius 3 is 1.86 bits per heavy atom. The normalized spacial score (nSPS) is 13.4. The van der Waals surface area contributed by atoms with Crippen LogP contribution in [0, 0.1) is 5.41 Å². The molecule has 0 spiro atoms. The van der Waals surface area contributed by atoms with Crippen LogP contribution in [0.2, 0.25) is 0 Å². The average molecular weight is 316 g/mol. The van der Waals surface area contributed by atoms with Crippen molar-refractivity contribution < 1.29 is 19.0 Å². The molecule has 0 saturated heterocycles. The summed E-state index contributed by atoms with van der Waals surface area (Å²) in [5.74, 6) is -0.115. The summed E-state index contributed by atoms with van der Waals surface area (Å²) in [7, 11) is 0. The van der Waals surface area contributed by atoms with E-state index in [4.69, 9.17) is 14.2 Å². The molecule has 0 N–H and O–H groups in total. The summed E-state index contributed by atoms with van der Waals surface area (Å²) in [6, 6.07) is 0. The van der Waals surface area contributed by atoms with Gasteiger partial charge in [0.1, 0.15) is 0 Å². The van der Waals surface area contributed by atoms with Crippen molar-refractivity contribution >= 4 is 5.97 Å². The van der Waals surface area contributed by atoms with Gasteiger partial charge in [0, 0.05) is 13.2 Å². The lowest BCUT2D eigenvalue weighted by Crippen LogP contribution is -2.26. The van der Waals surface area contributed by atoms with Crippen LogP contribution in [0.5, 0.6) is 0 Å². The number of rotatable bonds is 12. The highest BCUT2D eigenvalue weighted by Gasteiger charge is 2.24. The van der Waals surface area contributed by atoms with Gasteiger partial charge < -0.3 is 14.2 Å². The molecule has 0 rings (SSSR count). The minimum atomic E-state index is -0.415. The van der Waals surface area contributed by atoms with Gasteiger partial charge in [0.25, 0.3) is 0 Å². The van der Waals surface area contributed by atoms with Crippen molar-refractivity contribution in [2.45, 2.75) is 92.5 Å². The van der Waals surface area contributed by atoms with Gasteiger partial charge >= 0.3 is 5.97 Å². The third-order valence-corrected chi connectivity index (χ3v) is 3.43. The first-order valence-electron chi connectivity index (χ1n) is 8.75. The van der Waals surface area contributed by atoms with Gasteiger partial charge in [0.15, 0.2) is 6.29 Å². The standard InChI is InChI=1S/C18H36O4/c1-7-20-16(21-8-2)14-12-10-9-11-13-15(3)22-17(19)18(4,5)6/h15-16H,7-14H2,1-6H3. The van der Waals surface area contributed by atoms with Gasteiger partial charge in [-0.05, 0) is 67.2 Å². The van der Waals surface area contributed by atoms with E-state index < -0.39 is 5.41 Å². The quantitative estimate of drug-likeness (QED) is 0.297. The van der Waals surface area contributed by atoms with Crippen LogP contribution in [-0.4, -0.2) is 31.6 Å². The highest BCUT2D eigenvalue weighted by Crippen LogP contribution is 2.18. The Hall–Kier alpha value is -0.610. The second-order valence-electron chi connectivity index (χ2n) is 6.80. The molecule has 1 atom stereocenters. The maximum absolute atomic E-state index is 11.8. The van der Waals surface area contributed by atoms with E-state index in [-0.39, 0.29) is 18.4 Å². The number of hydrogen-bond donors (Lipinski definition) is 0. The molecule has 0 amide bonds. The molecule has 0 aromatic rings. The summed E-state index contributed by atoms with van der Waals surface area (Å²) in [5, 5.41) is 0. The molecule has 0 aromatic carbocycles. The molecule has 0 aliphatic rings. The highest BCUT2D eigenvalue weighted by molar-refractivity contribution is 5.75. The van der Waals surface area contributed by atoms with E-state index in [0.29, 0.717) is 13.2 Å². The summed E-state index contributed by atoms with van der Waals surface area (Å²) in [4.78, 5) is 11.8. The van der Waals surface area contributed by atoms with Crippen LogP contribution in [0.1, 0.15) is 80.1 Å². The smallest absolute Gasteiger partial charge is 0.311 e. The van der Waals surface area contributed by atoms with Crippen LogP contribution < -0.4 is 0 Å². The number of carbonyl (C=O) groups excluding carboxylic acids is 1. The molecule has 0 saturated carbocycles. The topological polar surface area (TPSA) is 44.8 Å². The zero-order chi connectivity index (χ0) is 17.0. The van der Waals surface area contributed by atoms with Crippen LogP contribution in [0.4, 0.5) is 0 Å². The monoisotopic (exact) mass is 316 g/mol. The number of hydrogen-bond acceptors (Lipinski definition) is 4. The molecule has 0 radical (unpaired) electrons. The largest absolute Gasteiger partial charge is 0.462 e. The summed E-state index contributed by atoms with van der Waals surface area (Å²) in [6.07, 6.45) is 6.36. The fourth-order valence-electron chi connectivity index (χ4n) is 2.10. The molecule has 0 fully saturated rings. The first-order chi connectivity index (χ1) is 10.3. The van der Waals surface area contributed by atoms with Crippen molar-refractivity contribution in [3.8, 4) is 0 Å². The number of carbonyl (C=O) groups is 1. The van der Waals surface area contributed by atoms with Gasteiger partial charge in [0.2, 0.25) is 0 Å². The second kappa shape index (κ2) is 11.9. The Morgan fingerprint density at radius 1 is 0.909 bits per heavy atom. The Morgan fingerprint density at radius 2 is 1.41 bits per heavy atom. The molecule has 0 aliphatic carbocycles. The number of ether oxygens (including phenoxy) is 3. The molecule has 0 aromatic heterocycles. The highest BCUT2D eigenvalue weighted by atomic mass is 16.7. The Balaban J connectivity index is 3.65. The molecule has 0 bridgehead atoms. The van der Waals surface area contributed by atoms with Crippen molar-refractivity contribution in [2.75, 3.05) is 13.2 Å². The van der Waals surface area contributed by atoms with Gasteiger partial charge in [-0.25, -0.2) is 0 Å². The third-order valence-electron chi connectivity index (χ3n) is 3.43. The van der Waals surface area contributed by atoms with E-state index in [2.05, 4.69) is 0 Å². The van der Waals surface area contributed by atoms with Crippen molar-refractivity contribution in [1.82, 2.24) is 0 Å². The lowest BCUT2D eigenvalue weighted by atomic mass is 9.97. The molecule has 22 heavy (non-hydrogen) atoms. The molecule has 4 heteroatoms. The van der Waals surface area contributed by atoms with Crippen LogP contribution in [0.25, 0.3) is 0 Å². The minimum absolute atomic E-state index is 0.00585. The molecule has 1 unspecified atom stereocenters. The molecule has 4 nitrogen and oxygen atoms in total. The van der Waals surface area contributed by atoms with Crippen molar-refractivity contribution in [3.63, 3.8) is 0 Å². The van der Waals surface area contributed by atoms with E-state index >= 15 is 0 Å². The van der Waals surface area contributed by atoms with Crippen molar-refractivity contribution in [2.24, 2.45) is 5.41 Å². The third kappa shape index (κ3) is 11.0. The zero-order valence-corrected chi connectivity index (χ0v) is 15.4. The van der Waals surface area contributed by atoms with Gasteiger partial charge in [-0.2, -0.15) is 0 Å². The number of esters is 1. The SMILES string of the molecule is CCOC(CCCCCCC(C)OC(=O)C(C)(C)C)OCC. The van der Waals surface area contributed by atoms with Gasteiger partial charge in [-0.1, -0.05) is 12.8 Å². The maximum Gasteiger partial charge on any atom is 0.311 e. The van der Waals surface area contributed by atoms with E-state index in [0.717, 1.165) is 38.5 Å². The molecular formula is C18H36O4. The maximum atomic E-state index is 11.8. The van der Waals surface area contributed by atoms with Gasteiger partial charge in [-0.3, -0.25) is 4.79 Å². The molecular weight excluding hydrogens is 280 g/mol. The van der Waals surface area contributed by atoms with Crippen molar-refractivity contribution in [1.29, 1.82) is 0 Å². The molecule has 0 aliphatic heterocycles.